The summed E-state index contributed by atoms with van der Waals surface area (Å²) in [4.78, 5) is 11.2. The molecule has 0 saturated heterocycles. The van der Waals surface area contributed by atoms with E-state index in [9.17, 15) is 10.1 Å². The molecule has 0 N–H and O–H groups in total. The van der Waals surface area contributed by atoms with Crippen LogP contribution in [-0.2, 0) is 6.42 Å². The van der Waals surface area contributed by atoms with Gasteiger partial charge in [0.15, 0.2) is 0 Å². The van der Waals surface area contributed by atoms with Gasteiger partial charge >= 0.3 is 5.72 Å². The van der Waals surface area contributed by atoms with Crippen molar-refractivity contribution in [1.82, 2.24) is 0 Å². The Morgan fingerprint density at radius 3 is 2.73 bits per heavy atom. The first-order chi connectivity index (χ1) is 12.7. The molecule has 1 aliphatic carbocycles. The van der Waals surface area contributed by atoms with Gasteiger partial charge in [0.2, 0.25) is 0 Å². The highest BCUT2D eigenvalue weighted by atomic mass is 16.7. The monoisotopic (exact) mass is 349 g/mol. The molecule has 26 heavy (non-hydrogen) atoms. The number of nitro groups is 1. The first-order valence-corrected chi connectivity index (χ1v) is 8.69. The number of nitrogens with zero attached hydrogens (tertiary/aromatic N) is 1. The van der Waals surface area contributed by atoms with E-state index < -0.39 is 5.72 Å². The lowest BCUT2D eigenvalue weighted by molar-refractivity contribution is -0.598. The van der Waals surface area contributed by atoms with Crippen molar-refractivity contribution in [3.63, 3.8) is 0 Å². The molecule has 2 aliphatic rings. The summed E-state index contributed by atoms with van der Waals surface area (Å²) in [5.41, 5.74) is 0.638. The van der Waals surface area contributed by atoms with Crippen molar-refractivity contribution in [1.29, 1.82) is 0 Å². The molecular weight excluding hydrogens is 330 g/mol. The highest BCUT2D eigenvalue weighted by Gasteiger charge is 2.42. The minimum atomic E-state index is -1.54. The zero-order valence-corrected chi connectivity index (χ0v) is 14.2. The Kier molecular flexibility index (Phi) is 4.21. The van der Waals surface area contributed by atoms with Crippen LogP contribution in [0.4, 0.5) is 0 Å². The number of rotatable bonds is 4. The van der Waals surface area contributed by atoms with Crippen molar-refractivity contribution in [2.75, 3.05) is 0 Å². The maximum absolute atomic E-state index is 11.5. The average Bonchev–Trinajstić information content (AvgIpc) is 2.69. The van der Waals surface area contributed by atoms with Crippen LogP contribution in [0.3, 0.4) is 0 Å². The summed E-state index contributed by atoms with van der Waals surface area (Å²) in [6.45, 7) is 0. The number of aryl methyl sites for hydroxylation is 1. The largest absolute Gasteiger partial charge is 0.485 e. The van der Waals surface area contributed by atoms with E-state index in [1.807, 2.05) is 30.3 Å². The third kappa shape index (κ3) is 3.08. The highest BCUT2D eigenvalue weighted by molar-refractivity contribution is 5.43. The Labute approximate surface area is 151 Å². The molecule has 0 spiro atoms. The lowest BCUT2D eigenvalue weighted by Crippen LogP contribution is -2.42. The fraction of sp³-hybridized carbons (Fsp3) is 0.238. The molecule has 0 fully saturated rings. The SMILES string of the molecule is O=[N+]([O-])C1(Oc2ccc3c(c2)CCC(c2ccccc2)O3)C=CC=CC1. The summed E-state index contributed by atoms with van der Waals surface area (Å²) in [5, 5.41) is 11.5. The van der Waals surface area contributed by atoms with Crippen molar-refractivity contribution >= 4 is 0 Å². The summed E-state index contributed by atoms with van der Waals surface area (Å²) in [5.74, 6) is 1.30. The van der Waals surface area contributed by atoms with E-state index in [1.165, 1.54) is 6.08 Å². The lowest BCUT2D eigenvalue weighted by atomic mass is 9.97. The summed E-state index contributed by atoms with van der Waals surface area (Å²) in [6, 6.07) is 15.6. The molecule has 132 valence electrons. The summed E-state index contributed by atoms with van der Waals surface area (Å²) in [7, 11) is 0. The van der Waals surface area contributed by atoms with Crippen molar-refractivity contribution < 1.29 is 14.4 Å². The van der Waals surface area contributed by atoms with Gasteiger partial charge in [0.05, 0.1) is 11.3 Å². The Balaban J connectivity index is 1.54. The molecule has 2 atom stereocenters. The van der Waals surface area contributed by atoms with Gasteiger partial charge in [-0.15, -0.1) is 0 Å². The molecule has 2 aromatic rings. The van der Waals surface area contributed by atoms with Crippen LogP contribution in [0.25, 0.3) is 0 Å². The van der Waals surface area contributed by atoms with Gasteiger partial charge in [-0.05, 0) is 42.2 Å². The predicted octanol–water partition coefficient (Wildman–Crippen LogP) is 4.62. The molecule has 5 nitrogen and oxygen atoms in total. The molecule has 0 amide bonds. The van der Waals surface area contributed by atoms with Gasteiger partial charge in [-0.1, -0.05) is 48.6 Å². The van der Waals surface area contributed by atoms with Gasteiger partial charge in [-0.2, -0.15) is 0 Å². The standard InChI is InChI=1S/C21H19NO4/c23-22(24)21(13-5-2-6-14-21)26-18-10-12-20-17(15-18)9-11-19(25-20)16-7-3-1-4-8-16/h1-8,10,12-13,15,19H,9,11,14H2. The fourth-order valence-corrected chi connectivity index (χ4v) is 3.37. The average molecular weight is 349 g/mol. The molecule has 0 radical (unpaired) electrons. The number of ether oxygens (including phenoxy) is 2. The Morgan fingerprint density at radius 2 is 2.00 bits per heavy atom. The number of allylic oxidation sites excluding steroid dienone is 2. The van der Waals surface area contributed by atoms with Gasteiger partial charge in [0.25, 0.3) is 0 Å². The maximum Gasteiger partial charge on any atom is 0.386 e. The zero-order valence-electron chi connectivity index (χ0n) is 14.2. The first-order valence-electron chi connectivity index (χ1n) is 8.69. The van der Waals surface area contributed by atoms with E-state index in [-0.39, 0.29) is 17.4 Å². The molecule has 4 rings (SSSR count). The minimum absolute atomic E-state index is 0.0343. The second kappa shape index (κ2) is 6.67. The number of benzene rings is 2. The molecule has 0 bridgehead atoms. The second-order valence-corrected chi connectivity index (χ2v) is 6.52. The topological polar surface area (TPSA) is 61.6 Å². The van der Waals surface area contributed by atoms with Gasteiger partial charge in [0, 0.05) is 6.08 Å². The van der Waals surface area contributed by atoms with Crippen molar-refractivity contribution in [2.24, 2.45) is 0 Å². The molecule has 5 heteroatoms. The van der Waals surface area contributed by atoms with Crippen LogP contribution in [0.1, 0.15) is 30.1 Å². The van der Waals surface area contributed by atoms with Gasteiger partial charge < -0.3 is 9.47 Å². The second-order valence-electron chi connectivity index (χ2n) is 6.52. The van der Waals surface area contributed by atoms with Gasteiger partial charge in [0.1, 0.15) is 17.6 Å². The number of fused-ring (bicyclic) bond motifs is 1. The highest BCUT2D eigenvalue weighted by Crippen LogP contribution is 2.38. The molecule has 0 saturated carbocycles. The van der Waals surface area contributed by atoms with Crippen LogP contribution >= 0.6 is 0 Å². The lowest BCUT2D eigenvalue weighted by Gasteiger charge is -2.28. The van der Waals surface area contributed by atoms with E-state index in [4.69, 9.17) is 9.47 Å². The van der Waals surface area contributed by atoms with Crippen LogP contribution in [-0.4, -0.2) is 10.6 Å². The quantitative estimate of drug-likeness (QED) is 0.459. The van der Waals surface area contributed by atoms with E-state index in [2.05, 4.69) is 12.1 Å². The first kappa shape index (κ1) is 16.4. The van der Waals surface area contributed by atoms with E-state index in [1.54, 1.807) is 24.3 Å². The number of hydrogen-bond acceptors (Lipinski definition) is 4. The zero-order chi connectivity index (χ0) is 18.0. The van der Waals surface area contributed by atoms with E-state index in [0.717, 1.165) is 29.7 Å². The third-order valence-corrected chi connectivity index (χ3v) is 4.77. The summed E-state index contributed by atoms with van der Waals surface area (Å²) >= 11 is 0. The van der Waals surface area contributed by atoms with Gasteiger partial charge in [-0.3, -0.25) is 10.1 Å². The van der Waals surface area contributed by atoms with Crippen LogP contribution in [0.5, 0.6) is 11.5 Å². The molecule has 0 aromatic heterocycles. The Bertz CT molecular complexity index is 875. The third-order valence-electron chi connectivity index (χ3n) is 4.77. The van der Waals surface area contributed by atoms with Crippen molar-refractivity contribution in [2.45, 2.75) is 31.1 Å². The van der Waals surface area contributed by atoms with E-state index >= 15 is 0 Å². The normalized spacial score (nSPS) is 23.8. The van der Waals surface area contributed by atoms with Crippen LogP contribution in [0.2, 0.25) is 0 Å². The smallest absolute Gasteiger partial charge is 0.386 e. The molecule has 2 unspecified atom stereocenters. The maximum atomic E-state index is 11.5. The molecular formula is C21H19NO4. The van der Waals surface area contributed by atoms with Crippen LogP contribution in [0.15, 0.2) is 72.8 Å². The fourth-order valence-electron chi connectivity index (χ4n) is 3.37. The minimum Gasteiger partial charge on any atom is -0.485 e. The molecule has 1 heterocycles. The molecule has 1 aliphatic heterocycles. The predicted molar refractivity (Wildman–Crippen MR) is 97.8 cm³/mol. The van der Waals surface area contributed by atoms with Gasteiger partial charge in [-0.25, -0.2) is 0 Å². The van der Waals surface area contributed by atoms with E-state index in [0.29, 0.717) is 5.75 Å². The van der Waals surface area contributed by atoms with Crippen molar-refractivity contribution in [3.05, 3.63) is 94.1 Å². The molecule has 2 aromatic carbocycles. The number of hydrogen-bond donors (Lipinski definition) is 0. The Hall–Kier alpha value is -3.08. The summed E-state index contributed by atoms with van der Waals surface area (Å²) < 4.78 is 11.9. The summed E-state index contributed by atoms with van der Waals surface area (Å²) in [6.07, 6.45) is 8.63. The van der Waals surface area contributed by atoms with Crippen LogP contribution < -0.4 is 9.47 Å². The Morgan fingerprint density at radius 1 is 1.15 bits per heavy atom. The van der Waals surface area contributed by atoms with Crippen LogP contribution in [0, 0.1) is 10.1 Å². The van der Waals surface area contributed by atoms with Crippen molar-refractivity contribution in [3.8, 4) is 11.5 Å².